The van der Waals surface area contributed by atoms with E-state index in [1.165, 1.54) is 19.2 Å². The van der Waals surface area contributed by atoms with E-state index < -0.39 is 0 Å². The molecule has 1 N–H and O–H groups in total. The molecule has 1 aliphatic heterocycles. The lowest BCUT2D eigenvalue weighted by Gasteiger charge is -2.20. The van der Waals surface area contributed by atoms with Crippen LogP contribution in [-0.4, -0.2) is 26.2 Å². The molecule has 1 aromatic carbocycles. The van der Waals surface area contributed by atoms with Crippen LogP contribution in [0.5, 0.6) is 0 Å². The summed E-state index contributed by atoms with van der Waals surface area (Å²) in [6, 6.07) is 6.30. The normalized spacial score (nSPS) is 15.9. The van der Waals surface area contributed by atoms with Crippen LogP contribution in [0.2, 0.25) is 0 Å². The number of carbonyl (C=O) groups excluding carboxylic acids is 1. The molecule has 0 unspecified atom stereocenters. The third-order valence-corrected chi connectivity index (χ3v) is 2.82. The second-order valence-electron chi connectivity index (χ2n) is 3.89. The van der Waals surface area contributed by atoms with E-state index in [4.69, 9.17) is 4.74 Å². The summed E-state index contributed by atoms with van der Waals surface area (Å²) >= 11 is 0. The number of halogens is 1. The smallest absolute Gasteiger partial charge is 0.335 e. The van der Waals surface area contributed by atoms with Crippen molar-refractivity contribution in [2.75, 3.05) is 20.2 Å². The van der Waals surface area contributed by atoms with Gasteiger partial charge in [0.05, 0.1) is 12.7 Å². The predicted molar refractivity (Wildman–Crippen MR) is 62.8 cm³/mol. The summed E-state index contributed by atoms with van der Waals surface area (Å²) < 4.78 is 17.9. The number of esters is 1. The van der Waals surface area contributed by atoms with Gasteiger partial charge in [-0.15, -0.1) is 0 Å². The predicted octanol–water partition coefficient (Wildman–Crippen LogP) is 1.75. The van der Waals surface area contributed by atoms with Crippen molar-refractivity contribution in [2.45, 2.75) is 6.42 Å². The Bertz CT molecular complexity index is 468. The van der Waals surface area contributed by atoms with Crippen molar-refractivity contribution in [3.8, 4) is 0 Å². The number of hydrogen-bond donors (Lipinski definition) is 1. The fourth-order valence-corrected chi connectivity index (χ4v) is 2.00. The van der Waals surface area contributed by atoms with Crippen molar-refractivity contribution in [1.82, 2.24) is 5.32 Å². The number of nitrogens with one attached hydrogen (secondary N) is 1. The summed E-state index contributed by atoms with van der Waals surface area (Å²) in [5, 5.41) is 3.11. The van der Waals surface area contributed by atoms with E-state index in [1.54, 1.807) is 6.07 Å². The number of hydrogen-bond acceptors (Lipinski definition) is 3. The SMILES string of the molecule is COC(=O)C1=C(c2cccc(F)c2)CCNC1. The molecule has 0 amide bonds. The second-order valence-corrected chi connectivity index (χ2v) is 3.89. The molecule has 1 aromatic rings. The van der Waals surface area contributed by atoms with Gasteiger partial charge in [-0.1, -0.05) is 12.1 Å². The molecule has 3 nitrogen and oxygen atoms in total. The molecule has 0 saturated heterocycles. The lowest BCUT2D eigenvalue weighted by atomic mass is 9.94. The van der Waals surface area contributed by atoms with Crippen LogP contribution in [0.3, 0.4) is 0 Å². The van der Waals surface area contributed by atoms with E-state index in [9.17, 15) is 9.18 Å². The molecule has 1 heterocycles. The quantitative estimate of drug-likeness (QED) is 0.794. The van der Waals surface area contributed by atoms with Crippen LogP contribution in [0.1, 0.15) is 12.0 Å². The number of carbonyl (C=O) groups is 1. The number of benzene rings is 1. The first-order valence-corrected chi connectivity index (χ1v) is 5.49. The molecular weight excluding hydrogens is 221 g/mol. The summed E-state index contributed by atoms with van der Waals surface area (Å²) in [6.45, 7) is 1.25. The minimum absolute atomic E-state index is 0.294. The summed E-state index contributed by atoms with van der Waals surface area (Å²) in [5.74, 6) is -0.644. The summed E-state index contributed by atoms with van der Waals surface area (Å²) in [7, 11) is 1.35. The van der Waals surface area contributed by atoms with Crippen molar-refractivity contribution in [1.29, 1.82) is 0 Å². The van der Waals surface area contributed by atoms with Gasteiger partial charge in [0, 0.05) is 6.54 Å². The van der Waals surface area contributed by atoms with Crippen LogP contribution in [0.4, 0.5) is 4.39 Å². The molecule has 17 heavy (non-hydrogen) atoms. The second kappa shape index (κ2) is 5.10. The maximum atomic E-state index is 13.2. The molecular formula is C13H14FNO2. The molecule has 4 heteroatoms. The van der Waals surface area contributed by atoms with Gasteiger partial charge in [-0.3, -0.25) is 0 Å². The summed E-state index contributed by atoms with van der Waals surface area (Å²) in [4.78, 5) is 11.6. The Balaban J connectivity index is 2.45. The van der Waals surface area contributed by atoms with Crippen LogP contribution in [-0.2, 0) is 9.53 Å². The van der Waals surface area contributed by atoms with Crippen LogP contribution in [0.15, 0.2) is 29.8 Å². The standard InChI is InChI=1S/C13H14FNO2/c1-17-13(16)12-8-15-6-5-11(12)9-3-2-4-10(14)7-9/h2-4,7,15H,5-6,8H2,1H3. The third-order valence-electron chi connectivity index (χ3n) is 2.82. The first-order chi connectivity index (χ1) is 8.22. The van der Waals surface area contributed by atoms with Crippen molar-refractivity contribution >= 4 is 11.5 Å². The number of ether oxygens (including phenoxy) is 1. The maximum Gasteiger partial charge on any atom is 0.335 e. The molecule has 0 fully saturated rings. The maximum absolute atomic E-state index is 13.2. The zero-order valence-corrected chi connectivity index (χ0v) is 9.63. The van der Waals surface area contributed by atoms with E-state index in [-0.39, 0.29) is 11.8 Å². The van der Waals surface area contributed by atoms with Crippen molar-refractivity contribution in [3.63, 3.8) is 0 Å². The molecule has 0 bridgehead atoms. The first-order valence-electron chi connectivity index (χ1n) is 5.49. The topological polar surface area (TPSA) is 38.3 Å². The molecule has 0 spiro atoms. The Morgan fingerprint density at radius 3 is 3.00 bits per heavy atom. The molecule has 0 aliphatic carbocycles. The lowest BCUT2D eigenvalue weighted by Crippen LogP contribution is -2.28. The highest BCUT2D eigenvalue weighted by Crippen LogP contribution is 2.25. The fraction of sp³-hybridized carbons (Fsp3) is 0.308. The minimum Gasteiger partial charge on any atom is -0.466 e. The van der Waals surface area contributed by atoms with Crippen LogP contribution in [0, 0.1) is 5.82 Å². The Kier molecular flexibility index (Phi) is 3.54. The first kappa shape index (κ1) is 11.8. The van der Waals surface area contributed by atoms with E-state index in [0.29, 0.717) is 18.5 Å². The van der Waals surface area contributed by atoms with Gasteiger partial charge >= 0.3 is 5.97 Å². The molecule has 0 aromatic heterocycles. The Morgan fingerprint density at radius 1 is 1.47 bits per heavy atom. The average Bonchev–Trinajstić information content (AvgIpc) is 2.38. The van der Waals surface area contributed by atoms with E-state index in [1.807, 2.05) is 6.07 Å². The summed E-state index contributed by atoms with van der Waals surface area (Å²) in [5.41, 5.74) is 2.21. The van der Waals surface area contributed by atoms with Gasteiger partial charge in [-0.05, 0) is 36.2 Å². The van der Waals surface area contributed by atoms with Gasteiger partial charge < -0.3 is 10.1 Å². The average molecular weight is 235 g/mol. The monoisotopic (exact) mass is 235 g/mol. The van der Waals surface area contributed by atoms with Gasteiger partial charge in [0.15, 0.2) is 0 Å². The highest BCUT2D eigenvalue weighted by molar-refractivity contribution is 5.98. The van der Waals surface area contributed by atoms with Crippen LogP contribution < -0.4 is 5.32 Å². The van der Waals surface area contributed by atoms with E-state index >= 15 is 0 Å². The Labute approximate surface area is 99.3 Å². The highest BCUT2D eigenvalue weighted by Gasteiger charge is 2.20. The van der Waals surface area contributed by atoms with Gasteiger partial charge in [-0.25, -0.2) is 9.18 Å². The van der Waals surface area contributed by atoms with Crippen LogP contribution >= 0.6 is 0 Å². The zero-order chi connectivity index (χ0) is 12.3. The molecule has 0 saturated carbocycles. The number of methoxy groups -OCH3 is 1. The highest BCUT2D eigenvalue weighted by atomic mass is 19.1. The largest absolute Gasteiger partial charge is 0.466 e. The third kappa shape index (κ3) is 2.53. The van der Waals surface area contributed by atoms with Crippen LogP contribution in [0.25, 0.3) is 5.57 Å². The van der Waals surface area contributed by atoms with Crippen molar-refractivity contribution < 1.29 is 13.9 Å². The van der Waals surface area contributed by atoms with Gasteiger partial charge in [0.1, 0.15) is 5.82 Å². The Morgan fingerprint density at radius 2 is 2.29 bits per heavy atom. The molecule has 0 radical (unpaired) electrons. The van der Waals surface area contributed by atoms with Gasteiger partial charge in [-0.2, -0.15) is 0 Å². The molecule has 0 atom stereocenters. The van der Waals surface area contributed by atoms with Crippen molar-refractivity contribution in [2.24, 2.45) is 0 Å². The Hall–Kier alpha value is -1.68. The van der Waals surface area contributed by atoms with E-state index in [2.05, 4.69) is 5.32 Å². The van der Waals surface area contributed by atoms with Gasteiger partial charge in [0.25, 0.3) is 0 Å². The summed E-state index contributed by atoms with van der Waals surface area (Å²) in [6.07, 6.45) is 0.702. The van der Waals surface area contributed by atoms with E-state index in [0.717, 1.165) is 17.7 Å². The molecule has 2 rings (SSSR count). The number of rotatable bonds is 2. The lowest BCUT2D eigenvalue weighted by molar-refractivity contribution is -0.136. The fourth-order valence-electron chi connectivity index (χ4n) is 2.00. The zero-order valence-electron chi connectivity index (χ0n) is 9.63. The molecule has 90 valence electrons. The minimum atomic E-state index is -0.350. The van der Waals surface area contributed by atoms with Gasteiger partial charge in [0.2, 0.25) is 0 Å². The van der Waals surface area contributed by atoms with Crippen molar-refractivity contribution in [3.05, 3.63) is 41.2 Å². The molecule has 1 aliphatic rings.